The van der Waals surface area contributed by atoms with Crippen molar-refractivity contribution in [2.75, 3.05) is 6.54 Å². The summed E-state index contributed by atoms with van der Waals surface area (Å²) in [7, 11) is 1.85. The van der Waals surface area contributed by atoms with Crippen molar-refractivity contribution in [1.82, 2.24) is 15.1 Å². The minimum Gasteiger partial charge on any atom is -0.409 e. The predicted molar refractivity (Wildman–Crippen MR) is 71.7 cm³/mol. The summed E-state index contributed by atoms with van der Waals surface area (Å²) in [4.78, 5) is 11.9. The number of carbonyl (C=O) groups is 1. The molecule has 0 spiro atoms. The molecule has 4 N–H and O–H groups in total. The zero-order chi connectivity index (χ0) is 14.3. The van der Waals surface area contributed by atoms with Gasteiger partial charge in [-0.2, -0.15) is 5.10 Å². The number of amides is 1. The van der Waals surface area contributed by atoms with E-state index in [-0.39, 0.29) is 11.7 Å². The van der Waals surface area contributed by atoms with Gasteiger partial charge >= 0.3 is 0 Å². The van der Waals surface area contributed by atoms with Crippen molar-refractivity contribution >= 4 is 11.7 Å². The Hall–Kier alpha value is -2.05. The van der Waals surface area contributed by atoms with Gasteiger partial charge in [-0.25, -0.2) is 0 Å². The van der Waals surface area contributed by atoms with Crippen molar-refractivity contribution in [1.29, 1.82) is 0 Å². The van der Waals surface area contributed by atoms with E-state index in [0.29, 0.717) is 19.4 Å². The van der Waals surface area contributed by atoms with Gasteiger partial charge in [-0.05, 0) is 12.5 Å². The molecule has 0 bridgehead atoms. The first-order valence-electron chi connectivity index (χ1n) is 6.32. The number of amidine groups is 1. The van der Waals surface area contributed by atoms with Crippen LogP contribution in [0.25, 0.3) is 0 Å². The number of oxime groups is 1. The average Bonchev–Trinajstić information content (AvgIpc) is 2.80. The van der Waals surface area contributed by atoms with Gasteiger partial charge < -0.3 is 16.3 Å². The lowest BCUT2D eigenvalue weighted by molar-refractivity contribution is -0.123. The van der Waals surface area contributed by atoms with E-state index >= 15 is 0 Å². The summed E-state index contributed by atoms with van der Waals surface area (Å²) in [6.07, 6.45) is 3.86. The topological polar surface area (TPSA) is 106 Å². The second-order valence-corrected chi connectivity index (χ2v) is 4.39. The lowest BCUT2D eigenvalue weighted by Gasteiger charge is -2.14. The number of nitrogens with zero attached hydrogens (tertiary/aromatic N) is 3. The lowest BCUT2D eigenvalue weighted by atomic mass is 10.0. The molecule has 0 aliphatic heterocycles. The fourth-order valence-electron chi connectivity index (χ4n) is 1.81. The highest BCUT2D eigenvalue weighted by molar-refractivity contribution is 6.02. The maximum atomic E-state index is 11.9. The molecule has 7 heteroatoms. The SMILES string of the molecule is CCCC(C(=O)NCCc1ccn(C)n1)/C(N)=N/O. The second-order valence-electron chi connectivity index (χ2n) is 4.39. The van der Waals surface area contributed by atoms with Gasteiger partial charge in [0.25, 0.3) is 0 Å². The van der Waals surface area contributed by atoms with Crippen LogP contribution >= 0.6 is 0 Å². The van der Waals surface area contributed by atoms with Crippen LogP contribution < -0.4 is 11.1 Å². The third-order valence-corrected chi connectivity index (χ3v) is 2.82. The summed E-state index contributed by atoms with van der Waals surface area (Å²) in [6, 6.07) is 1.90. The molecule has 1 rings (SSSR count). The zero-order valence-electron chi connectivity index (χ0n) is 11.3. The third-order valence-electron chi connectivity index (χ3n) is 2.82. The Morgan fingerprint density at radius 2 is 2.42 bits per heavy atom. The Bertz CT molecular complexity index is 441. The van der Waals surface area contributed by atoms with Crippen molar-refractivity contribution in [2.24, 2.45) is 23.9 Å². The molecular weight excluding hydrogens is 246 g/mol. The predicted octanol–water partition coefficient (Wildman–Crippen LogP) is 0.242. The fourth-order valence-corrected chi connectivity index (χ4v) is 1.81. The second kappa shape index (κ2) is 7.40. The first kappa shape index (κ1) is 15.0. The third kappa shape index (κ3) is 4.61. The first-order valence-corrected chi connectivity index (χ1v) is 6.32. The van der Waals surface area contributed by atoms with E-state index in [1.807, 2.05) is 26.2 Å². The molecule has 0 fully saturated rings. The van der Waals surface area contributed by atoms with Crippen LogP contribution in [0.3, 0.4) is 0 Å². The maximum Gasteiger partial charge on any atom is 0.230 e. The number of carbonyl (C=O) groups excluding carboxylic acids is 1. The van der Waals surface area contributed by atoms with Crippen LogP contribution in [0, 0.1) is 5.92 Å². The minimum atomic E-state index is -0.571. The molecule has 106 valence electrons. The van der Waals surface area contributed by atoms with E-state index in [4.69, 9.17) is 10.9 Å². The number of hydrogen-bond donors (Lipinski definition) is 3. The quantitative estimate of drug-likeness (QED) is 0.285. The molecule has 0 aliphatic carbocycles. The van der Waals surface area contributed by atoms with E-state index in [1.54, 1.807) is 4.68 Å². The van der Waals surface area contributed by atoms with Gasteiger partial charge in [0.1, 0.15) is 0 Å². The standard InChI is InChI=1S/C12H21N5O2/c1-3-4-10(11(13)16-19)12(18)14-7-5-9-6-8-17(2)15-9/h6,8,10,19H,3-5,7H2,1-2H3,(H2,13,16)(H,14,18). The van der Waals surface area contributed by atoms with Gasteiger partial charge in [-0.15, -0.1) is 0 Å². The number of rotatable bonds is 7. The molecule has 1 aromatic heterocycles. The molecule has 1 atom stereocenters. The molecule has 0 saturated carbocycles. The molecular formula is C12H21N5O2. The molecule has 0 saturated heterocycles. The smallest absolute Gasteiger partial charge is 0.230 e. The van der Waals surface area contributed by atoms with Gasteiger partial charge in [-0.3, -0.25) is 9.48 Å². The zero-order valence-corrected chi connectivity index (χ0v) is 11.3. The number of nitrogens with two attached hydrogens (primary N) is 1. The molecule has 1 aromatic rings. The van der Waals surface area contributed by atoms with Gasteiger partial charge in [0.2, 0.25) is 5.91 Å². The fraction of sp³-hybridized carbons (Fsp3) is 0.583. The van der Waals surface area contributed by atoms with Crippen molar-refractivity contribution in [3.8, 4) is 0 Å². The van der Waals surface area contributed by atoms with Crippen molar-refractivity contribution in [2.45, 2.75) is 26.2 Å². The van der Waals surface area contributed by atoms with Crippen LogP contribution in [0.4, 0.5) is 0 Å². The van der Waals surface area contributed by atoms with Crippen LogP contribution in [0.5, 0.6) is 0 Å². The molecule has 1 heterocycles. The highest BCUT2D eigenvalue weighted by atomic mass is 16.4. The lowest BCUT2D eigenvalue weighted by Crippen LogP contribution is -2.39. The highest BCUT2D eigenvalue weighted by Gasteiger charge is 2.21. The summed E-state index contributed by atoms with van der Waals surface area (Å²) in [5.74, 6) is -0.830. The monoisotopic (exact) mass is 267 g/mol. The summed E-state index contributed by atoms with van der Waals surface area (Å²) < 4.78 is 1.72. The molecule has 0 radical (unpaired) electrons. The Balaban J connectivity index is 2.44. The van der Waals surface area contributed by atoms with E-state index in [1.165, 1.54) is 0 Å². The van der Waals surface area contributed by atoms with Gasteiger partial charge in [0.15, 0.2) is 5.84 Å². The Kier molecular flexibility index (Phi) is 5.84. The normalized spacial score (nSPS) is 13.3. The highest BCUT2D eigenvalue weighted by Crippen LogP contribution is 2.06. The summed E-state index contributed by atoms with van der Waals surface area (Å²) in [6.45, 7) is 2.42. The maximum absolute atomic E-state index is 11.9. The number of aryl methyl sites for hydroxylation is 1. The summed E-state index contributed by atoms with van der Waals surface area (Å²) >= 11 is 0. The van der Waals surface area contributed by atoms with Crippen LogP contribution in [0.15, 0.2) is 17.4 Å². The van der Waals surface area contributed by atoms with Gasteiger partial charge in [-0.1, -0.05) is 18.5 Å². The minimum absolute atomic E-state index is 0.0443. The number of aromatic nitrogens is 2. The molecule has 7 nitrogen and oxygen atoms in total. The van der Waals surface area contributed by atoms with E-state index in [2.05, 4.69) is 15.6 Å². The Morgan fingerprint density at radius 3 is 2.95 bits per heavy atom. The molecule has 0 aliphatic rings. The largest absolute Gasteiger partial charge is 0.409 e. The van der Waals surface area contributed by atoms with Gasteiger partial charge in [0, 0.05) is 26.2 Å². The van der Waals surface area contributed by atoms with E-state index < -0.39 is 5.92 Å². The number of hydrogen-bond acceptors (Lipinski definition) is 4. The Labute approximate surface area is 112 Å². The van der Waals surface area contributed by atoms with E-state index in [0.717, 1.165) is 12.1 Å². The molecule has 1 unspecified atom stereocenters. The number of nitrogens with one attached hydrogen (secondary N) is 1. The summed E-state index contributed by atoms with van der Waals surface area (Å²) in [5, 5.41) is 18.6. The van der Waals surface area contributed by atoms with Crippen molar-refractivity contribution in [3.05, 3.63) is 18.0 Å². The summed E-state index contributed by atoms with van der Waals surface area (Å²) in [5.41, 5.74) is 6.43. The Morgan fingerprint density at radius 1 is 1.68 bits per heavy atom. The van der Waals surface area contributed by atoms with Crippen molar-refractivity contribution in [3.63, 3.8) is 0 Å². The van der Waals surface area contributed by atoms with Gasteiger partial charge in [0.05, 0.1) is 11.6 Å². The first-order chi connectivity index (χ1) is 9.08. The average molecular weight is 267 g/mol. The van der Waals surface area contributed by atoms with Crippen molar-refractivity contribution < 1.29 is 10.0 Å². The van der Waals surface area contributed by atoms with Crippen LogP contribution in [0.1, 0.15) is 25.5 Å². The van der Waals surface area contributed by atoms with Crippen LogP contribution in [0.2, 0.25) is 0 Å². The van der Waals surface area contributed by atoms with Crippen LogP contribution in [-0.2, 0) is 18.3 Å². The molecule has 0 aromatic carbocycles. The molecule has 19 heavy (non-hydrogen) atoms. The van der Waals surface area contributed by atoms with Crippen LogP contribution in [-0.4, -0.2) is 33.3 Å². The van der Waals surface area contributed by atoms with E-state index in [9.17, 15) is 4.79 Å². The molecule has 1 amide bonds.